The smallest absolute Gasteiger partial charge is 0.184 e. The van der Waals surface area contributed by atoms with Crippen LogP contribution in [0.3, 0.4) is 0 Å². The average Bonchev–Trinajstić information content (AvgIpc) is 2.75. The van der Waals surface area contributed by atoms with E-state index in [-0.39, 0.29) is 10.6 Å². The minimum absolute atomic E-state index is 0.254. The third-order valence-corrected chi connectivity index (χ3v) is 6.19. The highest BCUT2D eigenvalue weighted by Gasteiger charge is 2.21. The van der Waals surface area contributed by atoms with E-state index in [1.165, 1.54) is 0 Å². The summed E-state index contributed by atoms with van der Waals surface area (Å²) in [5.41, 5.74) is 3.42. The lowest BCUT2D eigenvalue weighted by atomic mass is 10.1. The van der Waals surface area contributed by atoms with Crippen LogP contribution in [0.2, 0.25) is 0 Å². The van der Waals surface area contributed by atoms with Crippen LogP contribution in [0.25, 0.3) is 22.6 Å². The Morgan fingerprint density at radius 2 is 1.31 bits per heavy atom. The van der Waals surface area contributed by atoms with Crippen LogP contribution >= 0.6 is 0 Å². The van der Waals surface area contributed by atoms with Crippen LogP contribution in [0.15, 0.2) is 89.8 Å². The summed E-state index contributed by atoms with van der Waals surface area (Å²) in [6.07, 6.45) is 0. The molecule has 1 aromatic heterocycles. The van der Waals surface area contributed by atoms with E-state index in [2.05, 4.69) is 15.2 Å². The van der Waals surface area contributed by atoms with Crippen LogP contribution in [0, 0.1) is 6.92 Å². The van der Waals surface area contributed by atoms with Crippen molar-refractivity contribution in [3.05, 3.63) is 96.2 Å². The Hall–Kier alpha value is -3.38. The predicted molar refractivity (Wildman–Crippen MR) is 113 cm³/mol. The van der Waals surface area contributed by atoms with Crippen LogP contribution < -0.4 is 0 Å². The minimum Gasteiger partial charge on any atom is -0.228 e. The van der Waals surface area contributed by atoms with Crippen molar-refractivity contribution in [3.8, 4) is 22.6 Å². The van der Waals surface area contributed by atoms with E-state index in [0.29, 0.717) is 17.2 Å². The van der Waals surface area contributed by atoms with Crippen molar-refractivity contribution in [1.82, 2.24) is 15.2 Å². The number of benzene rings is 3. The Bertz CT molecular complexity index is 1220. The summed E-state index contributed by atoms with van der Waals surface area (Å²) < 4.78 is 26.1. The fourth-order valence-corrected chi connectivity index (χ4v) is 4.28. The molecule has 5 nitrogen and oxygen atoms in total. The normalized spacial score (nSPS) is 11.3. The molecule has 0 aliphatic carbocycles. The van der Waals surface area contributed by atoms with Gasteiger partial charge in [-0.1, -0.05) is 78.4 Å². The first-order valence-corrected chi connectivity index (χ1v) is 10.8. The number of sulfone groups is 1. The summed E-state index contributed by atoms with van der Waals surface area (Å²) in [6.45, 7) is 1.92. The third kappa shape index (κ3) is 4.22. The van der Waals surface area contributed by atoms with Gasteiger partial charge in [-0.3, -0.25) is 0 Å². The van der Waals surface area contributed by atoms with Gasteiger partial charge in [0.2, 0.25) is 0 Å². The minimum atomic E-state index is -3.59. The van der Waals surface area contributed by atoms with Gasteiger partial charge in [0.15, 0.2) is 15.7 Å². The maximum absolute atomic E-state index is 13.1. The molecular weight excluding hydrogens is 382 g/mol. The molecule has 0 N–H and O–H groups in total. The van der Waals surface area contributed by atoms with Crippen LogP contribution in [0.1, 0.15) is 11.3 Å². The monoisotopic (exact) mass is 401 g/mol. The number of aryl methyl sites for hydroxylation is 1. The van der Waals surface area contributed by atoms with Gasteiger partial charge < -0.3 is 0 Å². The van der Waals surface area contributed by atoms with Crippen LogP contribution in [0.4, 0.5) is 0 Å². The van der Waals surface area contributed by atoms with E-state index >= 15 is 0 Å². The molecule has 0 spiro atoms. The van der Waals surface area contributed by atoms with Crippen molar-refractivity contribution in [1.29, 1.82) is 0 Å². The molecule has 0 unspecified atom stereocenters. The highest BCUT2D eigenvalue weighted by atomic mass is 32.2. The molecule has 0 atom stereocenters. The first-order chi connectivity index (χ1) is 14.0. The summed E-state index contributed by atoms with van der Waals surface area (Å²) >= 11 is 0. The Labute approximate surface area is 170 Å². The number of aromatic nitrogens is 3. The van der Waals surface area contributed by atoms with E-state index in [9.17, 15) is 8.42 Å². The highest BCUT2D eigenvalue weighted by Crippen LogP contribution is 2.26. The van der Waals surface area contributed by atoms with Crippen molar-refractivity contribution in [2.75, 3.05) is 0 Å². The van der Waals surface area contributed by atoms with Gasteiger partial charge in [-0.15, -0.1) is 10.2 Å². The van der Waals surface area contributed by atoms with Gasteiger partial charge >= 0.3 is 0 Å². The standard InChI is InChI=1S/C23H19N3O2S/c1-17-12-14-20(15-13-17)29(27,28)16-21-22(18-8-4-2-5-9-18)25-26-23(24-21)19-10-6-3-7-11-19/h2-15H,16H2,1H3. The second-order valence-electron chi connectivity index (χ2n) is 6.73. The van der Waals surface area contributed by atoms with Gasteiger partial charge in [0.1, 0.15) is 5.69 Å². The summed E-state index contributed by atoms with van der Waals surface area (Å²) in [6, 6.07) is 25.6. The second-order valence-corrected chi connectivity index (χ2v) is 8.72. The lowest BCUT2D eigenvalue weighted by Gasteiger charge is -2.10. The molecule has 3 aromatic carbocycles. The van der Waals surface area contributed by atoms with Gasteiger partial charge in [0, 0.05) is 11.1 Å². The molecule has 29 heavy (non-hydrogen) atoms. The molecule has 0 saturated heterocycles. The van der Waals surface area contributed by atoms with Crippen LogP contribution in [-0.4, -0.2) is 23.6 Å². The summed E-state index contributed by atoms with van der Waals surface area (Å²) in [5.74, 6) is 0.148. The molecule has 0 amide bonds. The van der Waals surface area contributed by atoms with Crippen molar-refractivity contribution < 1.29 is 8.42 Å². The number of rotatable bonds is 5. The first-order valence-electron chi connectivity index (χ1n) is 9.17. The SMILES string of the molecule is Cc1ccc(S(=O)(=O)Cc2nc(-c3ccccc3)nnc2-c2ccccc2)cc1. The van der Waals surface area contributed by atoms with E-state index in [0.717, 1.165) is 16.7 Å². The van der Waals surface area contributed by atoms with Crippen molar-refractivity contribution in [2.24, 2.45) is 0 Å². The fraction of sp³-hybridized carbons (Fsp3) is 0.0870. The topological polar surface area (TPSA) is 72.8 Å². The van der Waals surface area contributed by atoms with Gasteiger partial charge in [0.25, 0.3) is 0 Å². The summed E-state index contributed by atoms with van der Waals surface area (Å²) in [5, 5.41) is 8.58. The molecule has 0 aliphatic rings. The number of hydrogen-bond donors (Lipinski definition) is 0. The average molecular weight is 401 g/mol. The Morgan fingerprint density at radius 1 is 0.724 bits per heavy atom. The van der Waals surface area contributed by atoms with Crippen LogP contribution in [0.5, 0.6) is 0 Å². The largest absolute Gasteiger partial charge is 0.228 e. The Kier molecular flexibility index (Phi) is 5.18. The molecular formula is C23H19N3O2S. The molecule has 0 aliphatic heterocycles. The highest BCUT2D eigenvalue weighted by molar-refractivity contribution is 7.90. The molecule has 144 valence electrons. The molecule has 0 bridgehead atoms. The first kappa shape index (κ1) is 19.0. The predicted octanol–water partition coefficient (Wildman–Crippen LogP) is 4.49. The zero-order valence-electron chi connectivity index (χ0n) is 15.9. The lowest BCUT2D eigenvalue weighted by Crippen LogP contribution is -2.10. The quantitative estimate of drug-likeness (QED) is 0.493. The molecule has 6 heteroatoms. The molecule has 4 rings (SSSR count). The van der Waals surface area contributed by atoms with Gasteiger partial charge in [0.05, 0.1) is 16.3 Å². The molecule has 0 saturated carbocycles. The molecule has 4 aromatic rings. The van der Waals surface area contributed by atoms with Gasteiger partial charge in [-0.25, -0.2) is 13.4 Å². The van der Waals surface area contributed by atoms with E-state index in [4.69, 9.17) is 0 Å². The van der Waals surface area contributed by atoms with E-state index in [1.54, 1.807) is 24.3 Å². The van der Waals surface area contributed by atoms with Crippen molar-refractivity contribution in [2.45, 2.75) is 17.6 Å². The van der Waals surface area contributed by atoms with Gasteiger partial charge in [-0.05, 0) is 19.1 Å². The molecule has 0 radical (unpaired) electrons. The lowest BCUT2D eigenvalue weighted by molar-refractivity contribution is 0.594. The maximum atomic E-state index is 13.1. The number of hydrogen-bond acceptors (Lipinski definition) is 5. The number of nitrogens with zero attached hydrogens (tertiary/aromatic N) is 3. The Morgan fingerprint density at radius 3 is 1.93 bits per heavy atom. The van der Waals surface area contributed by atoms with Crippen LogP contribution in [-0.2, 0) is 15.6 Å². The Balaban J connectivity index is 1.81. The zero-order chi connectivity index (χ0) is 20.3. The summed E-state index contributed by atoms with van der Waals surface area (Å²) in [7, 11) is -3.59. The van der Waals surface area contributed by atoms with E-state index in [1.807, 2.05) is 67.6 Å². The van der Waals surface area contributed by atoms with E-state index < -0.39 is 9.84 Å². The van der Waals surface area contributed by atoms with Crippen molar-refractivity contribution >= 4 is 9.84 Å². The summed E-state index contributed by atoms with van der Waals surface area (Å²) in [4.78, 5) is 4.86. The molecule has 1 heterocycles. The maximum Gasteiger partial charge on any atom is 0.184 e. The molecule has 0 fully saturated rings. The second kappa shape index (κ2) is 7.93. The van der Waals surface area contributed by atoms with Crippen molar-refractivity contribution in [3.63, 3.8) is 0 Å². The third-order valence-electron chi connectivity index (χ3n) is 4.54. The van der Waals surface area contributed by atoms with Gasteiger partial charge in [-0.2, -0.15) is 0 Å². The zero-order valence-corrected chi connectivity index (χ0v) is 16.7. The fourth-order valence-electron chi connectivity index (χ4n) is 3.00.